The third-order valence-corrected chi connectivity index (χ3v) is 6.29. The number of nitrogens with one attached hydrogen (secondary N) is 1. The van der Waals surface area contributed by atoms with Crippen molar-refractivity contribution < 1.29 is 4.74 Å². The molecule has 2 aliphatic rings. The van der Waals surface area contributed by atoms with Crippen LogP contribution in [0.15, 0.2) is 35.2 Å². The minimum absolute atomic E-state index is 0.232. The minimum atomic E-state index is 0.232. The van der Waals surface area contributed by atoms with Gasteiger partial charge in [-0.2, -0.15) is 0 Å². The molecule has 1 aliphatic heterocycles. The first kappa shape index (κ1) is 15.4. The molecule has 1 spiro atoms. The molecule has 1 aromatic carbocycles. The fraction of sp³-hybridized carbons (Fsp3) is 0.667. The first-order valence-corrected chi connectivity index (χ1v) is 9.29. The van der Waals surface area contributed by atoms with Gasteiger partial charge >= 0.3 is 0 Å². The molecule has 1 saturated heterocycles. The van der Waals surface area contributed by atoms with Gasteiger partial charge in [0, 0.05) is 23.3 Å². The molecule has 116 valence electrons. The lowest BCUT2D eigenvalue weighted by atomic mass is 9.81. The van der Waals surface area contributed by atoms with Crippen molar-refractivity contribution in [3.8, 4) is 0 Å². The Morgan fingerprint density at radius 3 is 2.76 bits per heavy atom. The summed E-state index contributed by atoms with van der Waals surface area (Å²) in [5.41, 5.74) is 0.232. The first-order valence-electron chi connectivity index (χ1n) is 8.30. The van der Waals surface area contributed by atoms with E-state index in [1.807, 2.05) is 11.8 Å². The predicted octanol–water partition coefficient (Wildman–Crippen LogP) is 4.11. The molecule has 2 fully saturated rings. The Bertz CT molecular complexity index is 430. The van der Waals surface area contributed by atoms with Crippen LogP contribution in [0, 0.1) is 5.92 Å². The topological polar surface area (TPSA) is 21.3 Å². The van der Waals surface area contributed by atoms with Gasteiger partial charge in [0.15, 0.2) is 0 Å². The molecule has 1 aromatic rings. The SMILES string of the molecule is CNC(CSc1ccccc1)C1CCOC2(CCCC2)C1. The second-order valence-corrected chi connectivity index (χ2v) is 7.60. The highest BCUT2D eigenvalue weighted by Crippen LogP contribution is 2.43. The molecule has 3 rings (SSSR count). The van der Waals surface area contributed by atoms with Crippen LogP contribution in [0.1, 0.15) is 38.5 Å². The zero-order valence-corrected chi connectivity index (χ0v) is 13.8. The van der Waals surface area contributed by atoms with Crippen LogP contribution in [-0.2, 0) is 4.74 Å². The summed E-state index contributed by atoms with van der Waals surface area (Å²) in [6, 6.07) is 11.3. The van der Waals surface area contributed by atoms with E-state index in [4.69, 9.17) is 4.74 Å². The second kappa shape index (κ2) is 7.17. The van der Waals surface area contributed by atoms with E-state index in [1.54, 1.807) is 0 Å². The van der Waals surface area contributed by atoms with Crippen molar-refractivity contribution in [3.05, 3.63) is 30.3 Å². The van der Waals surface area contributed by atoms with Crippen molar-refractivity contribution in [1.29, 1.82) is 0 Å². The summed E-state index contributed by atoms with van der Waals surface area (Å²) < 4.78 is 6.18. The average Bonchev–Trinajstić information content (AvgIpc) is 2.97. The monoisotopic (exact) mass is 305 g/mol. The van der Waals surface area contributed by atoms with Crippen molar-refractivity contribution in [2.24, 2.45) is 5.92 Å². The summed E-state index contributed by atoms with van der Waals surface area (Å²) in [5, 5.41) is 3.57. The van der Waals surface area contributed by atoms with Gasteiger partial charge in [-0.25, -0.2) is 0 Å². The van der Waals surface area contributed by atoms with Crippen LogP contribution < -0.4 is 5.32 Å². The van der Waals surface area contributed by atoms with Crippen molar-refractivity contribution in [2.45, 2.75) is 55.1 Å². The van der Waals surface area contributed by atoms with Crippen molar-refractivity contribution >= 4 is 11.8 Å². The summed E-state index contributed by atoms with van der Waals surface area (Å²) >= 11 is 1.97. The van der Waals surface area contributed by atoms with Gasteiger partial charge in [0.2, 0.25) is 0 Å². The largest absolute Gasteiger partial charge is 0.375 e. The van der Waals surface area contributed by atoms with Gasteiger partial charge in [0.1, 0.15) is 0 Å². The van der Waals surface area contributed by atoms with E-state index >= 15 is 0 Å². The van der Waals surface area contributed by atoms with Gasteiger partial charge in [0.05, 0.1) is 5.60 Å². The fourth-order valence-electron chi connectivity index (χ4n) is 3.93. The van der Waals surface area contributed by atoms with E-state index in [-0.39, 0.29) is 5.60 Å². The molecule has 0 aromatic heterocycles. The summed E-state index contributed by atoms with van der Waals surface area (Å²) in [7, 11) is 2.12. The molecule has 0 radical (unpaired) electrons. The summed E-state index contributed by atoms with van der Waals surface area (Å²) in [6.45, 7) is 0.957. The van der Waals surface area contributed by atoms with Crippen LogP contribution in [0.2, 0.25) is 0 Å². The first-order chi connectivity index (χ1) is 10.3. The van der Waals surface area contributed by atoms with E-state index < -0.39 is 0 Å². The van der Waals surface area contributed by atoms with Crippen molar-refractivity contribution in [2.75, 3.05) is 19.4 Å². The average molecular weight is 305 g/mol. The minimum Gasteiger partial charge on any atom is -0.375 e. The molecule has 2 nitrogen and oxygen atoms in total. The standard InChI is InChI=1S/C18H27NOS/c1-19-17(14-21-16-7-3-2-4-8-16)15-9-12-20-18(13-15)10-5-6-11-18/h2-4,7-8,15,17,19H,5-6,9-14H2,1H3. The van der Waals surface area contributed by atoms with Gasteiger partial charge < -0.3 is 10.1 Å². The zero-order valence-electron chi connectivity index (χ0n) is 13.0. The molecule has 2 atom stereocenters. The van der Waals surface area contributed by atoms with Crippen LogP contribution in [0.25, 0.3) is 0 Å². The predicted molar refractivity (Wildman–Crippen MR) is 89.9 cm³/mol. The molecule has 1 N–H and O–H groups in total. The van der Waals surface area contributed by atoms with Crippen LogP contribution >= 0.6 is 11.8 Å². The molecule has 2 unspecified atom stereocenters. The smallest absolute Gasteiger partial charge is 0.0685 e. The molecule has 3 heteroatoms. The number of thioether (sulfide) groups is 1. The molecular weight excluding hydrogens is 278 g/mol. The van der Waals surface area contributed by atoms with Gasteiger partial charge in [-0.15, -0.1) is 11.8 Å². The van der Waals surface area contributed by atoms with Crippen LogP contribution in [-0.4, -0.2) is 31.1 Å². The van der Waals surface area contributed by atoms with E-state index in [9.17, 15) is 0 Å². The highest BCUT2D eigenvalue weighted by molar-refractivity contribution is 7.99. The highest BCUT2D eigenvalue weighted by Gasteiger charge is 2.41. The number of hydrogen-bond acceptors (Lipinski definition) is 3. The molecule has 1 aliphatic carbocycles. The lowest BCUT2D eigenvalue weighted by molar-refractivity contribution is -0.0964. The maximum absolute atomic E-state index is 6.18. The number of hydrogen-bond donors (Lipinski definition) is 1. The van der Waals surface area contributed by atoms with Gasteiger partial charge in [-0.1, -0.05) is 31.0 Å². The Balaban J connectivity index is 1.57. The number of benzene rings is 1. The molecule has 21 heavy (non-hydrogen) atoms. The van der Waals surface area contributed by atoms with E-state index in [1.165, 1.54) is 43.4 Å². The summed E-state index contributed by atoms with van der Waals surface area (Å²) in [6.07, 6.45) is 7.75. The van der Waals surface area contributed by atoms with E-state index in [0.29, 0.717) is 6.04 Å². The molecule has 0 bridgehead atoms. The Morgan fingerprint density at radius 2 is 2.05 bits per heavy atom. The van der Waals surface area contributed by atoms with E-state index in [0.717, 1.165) is 18.3 Å². The Hall–Kier alpha value is -0.510. The summed E-state index contributed by atoms with van der Waals surface area (Å²) in [4.78, 5) is 1.38. The van der Waals surface area contributed by atoms with Crippen LogP contribution in [0.4, 0.5) is 0 Å². The third-order valence-electron chi connectivity index (χ3n) is 5.16. The maximum Gasteiger partial charge on any atom is 0.0685 e. The lowest BCUT2D eigenvalue weighted by Crippen LogP contribution is -2.45. The normalized spacial score (nSPS) is 26.0. The number of ether oxygens (including phenoxy) is 1. The molecular formula is C18H27NOS. The van der Waals surface area contributed by atoms with Crippen molar-refractivity contribution in [1.82, 2.24) is 5.32 Å². The Morgan fingerprint density at radius 1 is 1.29 bits per heavy atom. The second-order valence-electron chi connectivity index (χ2n) is 6.51. The Kier molecular flexibility index (Phi) is 5.25. The zero-order chi connectivity index (χ0) is 14.5. The highest BCUT2D eigenvalue weighted by atomic mass is 32.2. The van der Waals surface area contributed by atoms with Gasteiger partial charge in [0.25, 0.3) is 0 Å². The molecule has 0 amide bonds. The van der Waals surface area contributed by atoms with Crippen LogP contribution in [0.3, 0.4) is 0 Å². The van der Waals surface area contributed by atoms with Gasteiger partial charge in [-0.05, 0) is 50.8 Å². The summed E-state index contributed by atoms with van der Waals surface area (Å²) in [5.74, 6) is 1.92. The fourth-order valence-corrected chi connectivity index (χ4v) is 5.10. The maximum atomic E-state index is 6.18. The number of rotatable bonds is 5. The lowest BCUT2D eigenvalue weighted by Gasteiger charge is -2.41. The molecule has 1 heterocycles. The van der Waals surface area contributed by atoms with E-state index in [2.05, 4.69) is 42.7 Å². The van der Waals surface area contributed by atoms with Gasteiger partial charge in [-0.3, -0.25) is 0 Å². The third kappa shape index (κ3) is 3.82. The molecule has 1 saturated carbocycles. The quantitative estimate of drug-likeness (QED) is 0.827. The van der Waals surface area contributed by atoms with Crippen molar-refractivity contribution in [3.63, 3.8) is 0 Å². The van der Waals surface area contributed by atoms with Crippen LogP contribution in [0.5, 0.6) is 0 Å². The Labute approximate surface area is 133 Å².